The van der Waals surface area contributed by atoms with Crippen molar-refractivity contribution in [2.45, 2.75) is 30.6 Å². The lowest BCUT2D eigenvalue weighted by Gasteiger charge is -2.14. The van der Waals surface area contributed by atoms with Crippen molar-refractivity contribution >= 4 is 31.4 Å². The lowest BCUT2D eigenvalue weighted by Crippen LogP contribution is -2.17. The van der Waals surface area contributed by atoms with E-state index in [1.54, 1.807) is 26.0 Å². The van der Waals surface area contributed by atoms with Crippen molar-refractivity contribution in [2.24, 2.45) is 0 Å². The molecule has 0 saturated carbocycles. The highest BCUT2D eigenvalue weighted by Gasteiger charge is 2.21. The van der Waals surface area contributed by atoms with Crippen molar-refractivity contribution in [1.29, 1.82) is 0 Å². The Labute approximate surface area is 180 Å². The SMILES string of the molecule is Cc1ccc(NS(=O)(=O)c2ccc(C)c(NS(=O)(=O)c3ccc(F)c(F)c3)c2)c(C)c1. The summed E-state index contributed by atoms with van der Waals surface area (Å²) in [4.78, 5) is -0.659. The van der Waals surface area contributed by atoms with Gasteiger partial charge in [-0.2, -0.15) is 0 Å². The molecule has 0 bridgehead atoms. The first kappa shape index (κ1) is 22.7. The van der Waals surface area contributed by atoms with Crippen LogP contribution in [0.1, 0.15) is 16.7 Å². The quantitative estimate of drug-likeness (QED) is 0.560. The van der Waals surface area contributed by atoms with Crippen molar-refractivity contribution in [2.75, 3.05) is 9.44 Å². The fraction of sp³-hybridized carbons (Fsp3) is 0.143. The van der Waals surface area contributed by atoms with E-state index in [0.29, 0.717) is 23.4 Å². The van der Waals surface area contributed by atoms with Crippen LogP contribution in [0.2, 0.25) is 0 Å². The van der Waals surface area contributed by atoms with Gasteiger partial charge in [-0.25, -0.2) is 25.6 Å². The molecule has 10 heteroatoms. The first-order chi connectivity index (χ1) is 14.4. The first-order valence-electron chi connectivity index (χ1n) is 9.08. The van der Waals surface area contributed by atoms with Gasteiger partial charge < -0.3 is 0 Å². The minimum atomic E-state index is -4.28. The highest BCUT2D eigenvalue weighted by Crippen LogP contribution is 2.26. The molecule has 2 N–H and O–H groups in total. The third-order valence-corrected chi connectivity index (χ3v) is 7.32. The molecule has 31 heavy (non-hydrogen) atoms. The number of rotatable bonds is 6. The Morgan fingerprint density at radius 2 is 1.19 bits per heavy atom. The molecule has 0 aliphatic carbocycles. The van der Waals surface area contributed by atoms with Gasteiger partial charge in [-0.1, -0.05) is 23.8 Å². The van der Waals surface area contributed by atoms with Gasteiger partial charge in [-0.15, -0.1) is 0 Å². The zero-order chi connectivity index (χ0) is 23.0. The zero-order valence-electron chi connectivity index (χ0n) is 16.9. The van der Waals surface area contributed by atoms with Gasteiger partial charge in [0.25, 0.3) is 20.0 Å². The van der Waals surface area contributed by atoms with E-state index in [9.17, 15) is 25.6 Å². The van der Waals surface area contributed by atoms with E-state index in [4.69, 9.17) is 0 Å². The molecule has 0 fully saturated rings. The number of hydrogen-bond acceptors (Lipinski definition) is 4. The number of halogens is 2. The van der Waals surface area contributed by atoms with Crippen LogP contribution in [0.15, 0.2) is 64.4 Å². The minimum Gasteiger partial charge on any atom is -0.279 e. The summed E-state index contributed by atoms with van der Waals surface area (Å²) < 4.78 is 82.2. The maximum absolute atomic E-state index is 13.5. The monoisotopic (exact) mass is 466 g/mol. The largest absolute Gasteiger partial charge is 0.279 e. The van der Waals surface area contributed by atoms with Crippen molar-refractivity contribution in [3.8, 4) is 0 Å². The normalized spacial score (nSPS) is 11.9. The van der Waals surface area contributed by atoms with Gasteiger partial charge in [0, 0.05) is 0 Å². The van der Waals surface area contributed by atoms with Gasteiger partial charge in [-0.3, -0.25) is 9.44 Å². The smallest absolute Gasteiger partial charge is 0.262 e. The van der Waals surface area contributed by atoms with Crippen LogP contribution in [0.25, 0.3) is 0 Å². The molecule has 0 aromatic heterocycles. The molecule has 164 valence electrons. The molecule has 0 aliphatic heterocycles. The molecule has 0 unspecified atom stereocenters. The van der Waals surface area contributed by atoms with Crippen LogP contribution in [-0.2, 0) is 20.0 Å². The zero-order valence-corrected chi connectivity index (χ0v) is 18.5. The van der Waals surface area contributed by atoms with E-state index >= 15 is 0 Å². The highest BCUT2D eigenvalue weighted by molar-refractivity contribution is 7.93. The van der Waals surface area contributed by atoms with Crippen molar-refractivity contribution in [3.05, 3.63) is 82.9 Å². The Balaban J connectivity index is 1.94. The lowest BCUT2D eigenvalue weighted by molar-refractivity contribution is 0.504. The third kappa shape index (κ3) is 5.02. The summed E-state index contributed by atoms with van der Waals surface area (Å²) in [7, 11) is -8.29. The summed E-state index contributed by atoms with van der Waals surface area (Å²) >= 11 is 0. The second-order valence-electron chi connectivity index (χ2n) is 7.08. The maximum Gasteiger partial charge on any atom is 0.262 e. The summed E-state index contributed by atoms with van der Waals surface area (Å²) in [5.41, 5.74) is 2.54. The maximum atomic E-state index is 13.5. The van der Waals surface area contributed by atoms with Crippen molar-refractivity contribution in [3.63, 3.8) is 0 Å². The molecular formula is C21H20F2N2O4S2. The highest BCUT2D eigenvalue weighted by atomic mass is 32.2. The molecule has 6 nitrogen and oxygen atoms in total. The van der Waals surface area contributed by atoms with E-state index < -0.39 is 36.6 Å². The van der Waals surface area contributed by atoms with Crippen LogP contribution in [0.3, 0.4) is 0 Å². The Bertz CT molecular complexity index is 1370. The predicted octanol–water partition coefficient (Wildman–Crippen LogP) is 4.49. The van der Waals surface area contributed by atoms with E-state index in [-0.39, 0.29) is 10.6 Å². The standard InChI is InChI=1S/C21H20F2N2O4S2/c1-13-4-9-20(15(3)10-13)24-31(28,29)17-6-5-14(2)21(12-17)25-30(26,27)16-7-8-18(22)19(23)11-16/h4-12,24-25H,1-3H3. The summed E-state index contributed by atoms with van der Waals surface area (Å²) in [6, 6.07) is 11.4. The summed E-state index contributed by atoms with van der Waals surface area (Å²) in [6.07, 6.45) is 0. The summed E-state index contributed by atoms with van der Waals surface area (Å²) in [5.74, 6) is -2.49. The molecular weight excluding hydrogens is 446 g/mol. The van der Waals surface area contributed by atoms with Crippen molar-refractivity contribution in [1.82, 2.24) is 0 Å². The molecule has 3 aromatic carbocycles. The number of hydrogen-bond donors (Lipinski definition) is 2. The van der Waals surface area contributed by atoms with Crippen LogP contribution in [-0.4, -0.2) is 16.8 Å². The summed E-state index contributed by atoms with van der Waals surface area (Å²) in [5, 5.41) is 0. The van der Waals surface area contributed by atoms with Crippen LogP contribution < -0.4 is 9.44 Å². The Morgan fingerprint density at radius 1 is 0.613 bits per heavy atom. The molecule has 3 rings (SSSR count). The number of benzene rings is 3. The lowest BCUT2D eigenvalue weighted by atomic mass is 10.1. The number of aryl methyl sites for hydroxylation is 3. The molecule has 0 spiro atoms. The fourth-order valence-corrected chi connectivity index (χ4v) is 5.15. The second-order valence-corrected chi connectivity index (χ2v) is 10.4. The molecule has 3 aromatic rings. The number of nitrogens with one attached hydrogen (secondary N) is 2. The second kappa shape index (κ2) is 8.27. The van der Waals surface area contributed by atoms with Gasteiger partial charge in [0.05, 0.1) is 21.2 Å². The average Bonchev–Trinajstić information content (AvgIpc) is 2.67. The molecule has 0 aliphatic rings. The van der Waals surface area contributed by atoms with E-state index in [0.717, 1.165) is 17.2 Å². The Morgan fingerprint density at radius 3 is 1.81 bits per heavy atom. The fourth-order valence-electron chi connectivity index (χ4n) is 2.86. The van der Waals surface area contributed by atoms with Gasteiger partial charge in [0.1, 0.15) is 0 Å². The molecule has 0 heterocycles. The van der Waals surface area contributed by atoms with Crippen LogP contribution in [0, 0.1) is 32.4 Å². The number of anilines is 2. The summed E-state index contributed by atoms with van der Waals surface area (Å²) in [6.45, 7) is 5.23. The molecule has 0 atom stereocenters. The first-order valence-corrected chi connectivity index (χ1v) is 12.0. The molecule has 0 radical (unpaired) electrons. The Hall–Kier alpha value is -2.98. The van der Waals surface area contributed by atoms with E-state index in [2.05, 4.69) is 9.44 Å². The van der Waals surface area contributed by atoms with Gasteiger partial charge in [-0.05, 0) is 68.3 Å². The van der Waals surface area contributed by atoms with Crippen LogP contribution in [0.4, 0.5) is 20.2 Å². The van der Waals surface area contributed by atoms with Crippen LogP contribution in [0.5, 0.6) is 0 Å². The van der Waals surface area contributed by atoms with Gasteiger partial charge >= 0.3 is 0 Å². The van der Waals surface area contributed by atoms with E-state index in [1.807, 2.05) is 13.0 Å². The predicted molar refractivity (Wildman–Crippen MR) is 115 cm³/mol. The van der Waals surface area contributed by atoms with Gasteiger partial charge in [0.2, 0.25) is 0 Å². The molecule has 0 saturated heterocycles. The topological polar surface area (TPSA) is 92.3 Å². The van der Waals surface area contributed by atoms with Gasteiger partial charge in [0.15, 0.2) is 11.6 Å². The average molecular weight is 467 g/mol. The number of sulfonamides is 2. The third-order valence-electron chi connectivity index (χ3n) is 4.59. The van der Waals surface area contributed by atoms with E-state index in [1.165, 1.54) is 18.2 Å². The molecule has 0 amide bonds. The van der Waals surface area contributed by atoms with Crippen LogP contribution >= 0.6 is 0 Å². The Kier molecular flexibility index (Phi) is 6.06. The van der Waals surface area contributed by atoms with Crippen molar-refractivity contribution < 1.29 is 25.6 Å². The minimum absolute atomic E-state index is 0.00626.